The Balaban J connectivity index is 2.49. The monoisotopic (exact) mass is 207 g/mol. The second-order valence-corrected chi connectivity index (χ2v) is 3.17. The summed E-state index contributed by atoms with van der Waals surface area (Å²) >= 11 is 5.66. The van der Waals surface area contributed by atoms with Gasteiger partial charge in [0.25, 0.3) is 0 Å². The van der Waals surface area contributed by atoms with Gasteiger partial charge in [0.2, 0.25) is 0 Å². The fourth-order valence-electron chi connectivity index (χ4n) is 1.48. The summed E-state index contributed by atoms with van der Waals surface area (Å²) in [6.07, 6.45) is 1.53. The second kappa shape index (κ2) is 2.68. The van der Waals surface area contributed by atoms with Crippen molar-refractivity contribution in [3.8, 4) is 0 Å². The molecular formula is C8H6ClN5. The average molecular weight is 208 g/mol. The van der Waals surface area contributed by atoms with Crippen LogP contribution in [0.3, 0.4) is 0 Å². The molecule has 0 aliphatic heterocycles. The molecule has 14 heavy (non-hydrogen) atoms. The SMILES string of the molecule is ClCn1nc2c(ccc3ncnc32)[nH]1. The van der Waals surface area contributed by atoms with Gasteiger partial charge in [0.05, 0.1) is 11.0 Å². The van der Waals surface area contributed by atoms with Gasteiger partial charge in [-0.05, 0) is 12.1 Å². The zero-order chi connectivity index (χ0) is 9.54. The van der Waals surface area contributed by atoms with Gasteiger partial charge in [-0.1, -0.05) is 11.6 Å². The number of H-pyrrole nitrogens is 1. The Kier molecular flexibility index (Phi) is 1.49. The third-order valence-corrected chi connectivity index (χ3v) is 2.32. The summed E-state index contributed by atoms with van der Waals surface area (Å²) in [7, 11) is 0. The molecule has 0 unspecified atom stereocenters. The van der Waals surface area contributed by atoms with Crippen molar-refractivity contribution in [2.24, 2.45) is 0 Å². The number of hydrogen-bond donors (Lipinski definition) is 1. The van der Waals surface area contributed by atoms with Crippen LogP contribution in [0, 0.1) is 0 Å². The summed E-state index contributed by atoms with van der Waals surface area (Å²) in [6.45, 7) is 0. The topological polar surface area (TPSA) is 59.4 Å². The van der Waals surface area contributed by atoms with Gasteiger partial charge in [0.15, 0.2) is 0 Å². The molecule has 1 N–H and O–H groups in total. The number of halogens is 1. The third kappa shape index (κ3) is 0.927. The van der Waals surface area contributed by atoms with E-state index in [0.29, 0.717) is 6.00 Å². The first-order valence-corrected chi connectivity index (χ1v) is 4.64. The molecule has 70 valence electrons. The highest BCUT2D eigenvalue weighted by atomic mass is 35.5. The number of aromatic amines is 1. The fourth-order valence-corrected chi connectivity index (χ4v) is 1.60. The van der Waals surface area contributed by atoms with Crippen LogP contribution in [0.5, 0.6) is 0 Å². The van der Waals surface area contributed by atoms with Gasteiger partial charge in [0.1, 0.15) is 23.4 Å². The highest BCUT2D eigenvalue weighted by Crippen LogP contribution is 2.18. The fraction of sp³-hybridized carbons (Fsp3) is 0.125. The molecule has 0 bridgehead atoms. The van der Waals surface area contributed by atoms with Crippen LogP contribution in [-0.2, 0) is 6.00 Å². The minimum Gasteiger partial charge on any atom is -0.279 e. The van der Waals surface area contributed by atoms with E-state index < -0.39 is 0 Å². The van der Waals surface area contributed by atoms with Crippen LogP contribution in [0.2, 0.25) is 0 Å². The number of fused-ring (bicyclic) bond motifs is 3. The van der Waals surface area contributed by atoms with E-state index in [-0.39, 0.29) is 0 Å². The maximum atomic E-state index is 5.66. The Labute approximate surface area is 83.7 Å². The van der Waals surface area contributed by atoms with E-state index >= 15 is 0 Å². The molecule has 3 rings (SSSR count). The van der Waals surface area contributed by atoms with Gasteiger partial charge in [-0.15, -0.1) is 0 Å². The molecular weight excluding hydrogens is 202 g/mol. The van der Waals surface area contributed by atoms with Gasteiger partial charge in [0, 0.05) is 0 Å². The lowest BCUT2D eigenvalue weighted by molar-refractivity contribution is 0.646. The van der Waals surface area contributed by atoms with Crippen LogP contribution in [0.4, 0.5) is 0 Å². The number of benzene rings is 1. The Morgan fingerprint density at radius 3 is 3.07 bits per heavy atom. The Morgan fingerprint density at radius 2 is 2.21 bits per heavy atom. The van der Waals surface area contributed by atoms with Crippen molar-refractivity contribution in [3.05, 3.63) is 18.5 Å². The average Bonchev–Trinajstić information content (AvgIpc) is 2.82. The van der Waals surface area contributed by atoms with Crippen molar-refractivity contribution >= 4 is 33.7 Å². The minimum atomic E-state index is 0.296. The summed E-state index contributed by atoms with van der Waals surface area (Å²) in [4.78, 5) is 9.80. The lowest BCUT2D eigenvalue weighted by Crippen LogP contribution is -1.95. The summed E-state index contributed by atoms with van der Waals surface area (Å²) in [5.74, 6) is 0. The molecule has 3 aromatic rings. The van der Waals surface area contributed by atoms with E-state index in [1.807, 2.05) is 12.1 Å². The van der Waals surface area contributed by atoms with Crippen molar-refractivity contribution in [1.29, 1.82) is 0 Å². The van der Waals surface area contributed by atoms with E-state index in [0.717, 1.165) is 22.1 Å². The van der Waals surface area contributed by atoms with Crippen molar-refractivity contribution in [2.45, 2.75) is 6.00 Å². The highest BCUT2D eigenvalue weighted by Gasteiger charge is 2.07. The second-order valence-electron chi connectivity index (χ2n) is 2.93. The standard InChI is InChI=1S/C8H6ClN5/c9-3-14-12-6-2-1-5-7(8(6)13-14)11-4-10-5/h1-2,4,12H,3H2. The molecule has 0 spiro atoms. The van der Waals surface area contributed by atoms with E-state index in [2.05, 4.69) is 20.2 Å². The smallest absolute Gasteiger partial charge is 0.138 e. The Bertz CT molecular complexity index is 596. The largest absolute Gasteiger partial charge is 0.279 e. The summed E-state index contributed by atoms with van der Waals surface area (Å²) in [5, 5.41) is 7.29. The number of rotatable bonds is 1. The summed E-state index contributed by atoms with van der Waals surface area (Å²) in [5.41, 5.74) is 3.38. The van der Waals surface area contributed by atoms with Gasteiger partial charge in [-0.3, -0.25) is 5.10 Å². The van der Waals surface area contributed by atoms with Crippen LogP contribution in [0.25, 0.3) is 22.1 Å². The number of imidazole rings is 1. The molecule has 0 radical (unpaired) electrons. The van der Waals surface area contributed by atoms with Crippen LogP contribution in [0.15, 0.2) is 18.5 Å². The van der Waals surface area contributed by atoms with Gasteiger partial charge in [-0.25, -0.2) is 9.97 Å². The quantitative estimate of drug-likeness (QED) is 0.616. The molecule has 0 atom stereocenters. The number of hydrogen-bond acceptors (Lipinski definition) is 3. The Hall–Kier alpha value is -1.62. The van der Waals surface area contributed by atoms with E-state index in [4.69, 9.17) is 11.6 Å². The van der Waals surface area contributed by atoms with Crippen LogP contribution < -0.4 is 0 Å². The number of aromatic nitrogens is 5. The molecule has 5 nitrogen and oxygen atoms in total. The van der Waals surface area contributed by atoms with Crippen molar-refractivity contribution < 1.29 is 0 Å². The highest BCUT2D eigenvalue weighted by molar-refractivity contribution is 6.15. The number of nitrogens with zero attached hydrogens (tertiary/aromatic N) is 4. The molecule has 2 aromatic heterocycles. The molecule has 0 aliphatic carbocycles. The van der Waals surface area contributed by atoms with Crippen molar-refractivity contribution in [3.63, 3.8) is 0 Å². The van der Waals surface area contributed by atoms with Crippen molar-refractivity contribution in [1.82, 2.24) is 25.0 Å². The molecule has 0 amide bonds. The molecule has 0 fully saturated rings. The van der Waals surface area contributed by atoms with E-state index in [1.54, 1.807) is 4.80 Å². The Morgan fingerprint density at radius 1 is 1.29 bits per heavy atom. The van der Waals surface area contributed by atoms with Gasteiger partial charge < -0.3 is 0 Å². The van der Waals surface area contributed by atoms with Crippen molar-refractivity contribution in [2.75, 3.05) is 0 Å². The predicted octanol–water partition coefficient (Wildman–Crippen LogP) is 1.50. The van der Waals surface area contributed by atoms with Gasteiger partial charge >= 0.3 is 0 Å². The maximum absolute atomic E-state index is 5.66. The lowest BCUT2D eigenvalue weighted by atomic mass is 10.3. The van der Waals surface area contributed by atoms with Gasteiger partial charge in [-0.2, -0.15) is 9.90 Å². The predicted molar refractivity (Wildman–Crippen MR) is 53.0 cm³/mol. The zero-order valence-corrected chi connectivity index (χ0v) is 7.86. The molecule has 0 aliphatic rings. The molecule has 2 heterocycles. The molecule has 0 saturated carbocycles. The first kappa shape index (κ1) is 7.75. The molecule has 0 saturated heterocycles. The zero-order valence-electron chi connectivity index (χ0n) is 7.11. The summed E-state index contributed by atoms with van der Waals surface area (Å²) in [6, 6.07) is 4.12. The van der Waals surface area contributed by atoms with Crippen LogP contribution >= 0.6 is 11.6 Å². The summed E-state index contributed by atoms with van der Waals surface area (Å²) < 4.78 is 0. The number of nitrogens with one attached hydrogen (secondary N) is 1. The van der Waals surface area contributed by atoms with E-state index in [9.17, 15) is 0 Å². The first-order valence-electron chi connectivity index (χ1n) is 4.10. The molecule has 6 heteroatoms. The molecule has 1 aromatic carbocycles. The maximum Gasteiger partial charge on any atom is 0.138 e. The van der Waals surface area contributed by atoms with Crippen LogP contribution in [-0.4, -0.2) is 25.0 Å². The lowest BCUT2D eigenvalue weighted by Gasteiger charge is -1.87. The third-order valence-electron chi connectivity index (χ3n) is 2.10. The van der Waals surface area contributed by atoms with Crippen LogP contribution in [0.1, 0.15) is 0 Å². The normalized spacial score (nSPS) is 11.5. The van der Waals surface area contributed by atoms with E-state index in [1.165, 1.54) is 6.33 Å². The minimum absolute atomic E-state index is 0.296. The number of alkyl halides is 1. The first-order chi connectivity index (χ1) is 6.88.